The standard InChI is InChI=1S/C60H42N2.C36H26N2.C12H9Br.2CH4/c1-3-11-43(12-4-1)45-19-31-51(32-20-45)61-53-35-23-47(24-36-53)57-15-7-9-17-59(57)49-27-39-55(40-28-49)62(52-33-21-46(22-34-52)44-13-5-2-6-14-44)56-41-29-50(30-42-56)60-18-10-8-16-58(60)48-25-37-54(61)38-26-48;1-2-6-34-26-11-19-30(20-12-26)38-32-23-15-28(16-24-32)36-8-4-3-7-35(36)27-13-21-31(22-14-27)37-29-17-9-25(10-18-29)33(34)5-1;13-12-8-6-11(7-9-12)10-4-2-1-3-5-10;;/h1-42H;1-24,37-38H;1-9H;2*1H4. The SMILES string of the molecule is Brc1ccc(-c2ccccc2)cc1.C.C.c1ccc(-c2ccc(N3c4ccc(cc4)-c4ccccc4-c4ccc(cc4)N(c4ccc(-c5ccccc5)cc4)c4ccc(cc4)-c4ccccc4-c4ccc3cc4)cc2)cc1.c1ccc2c(c1)-c1ccc(cc1)Nc1ccc(cc1)-c1ccccc1-c1ccc(cc1)Nc1ccc-2cc1. The average Bonchev–Trinajstić information content (AvgIpc) is 0.774. The van der Waals surface area contributed by atoms with Crippen LogP contribution in [0.25, 0.3) is 122 Å². The summed E-state index contributed by atoms with van der Waals surface area (Å²) in [6.07, 6.45) is 0. The molecule has 2 N–H and O–H groups in total. The van der Waals surface area contributed by atoms with E-state index in [1.54, 1.807) is 0 Å². The second-order valence-electron chi connectivity index (χ2n) is 28.3. The maximum atomic E-state index is 3.56. The van der Waals surface area contributed by atoms with Gasteiger partial charge in [0.25, 0.3) is 0 Å². The smallest absolute Gasteiger partial charge is 0.0462 e. The van der Waals surface area contributed by atoms with Crippen molar-refractivity contribution < 1.29 is 0 Å². The van der Waals surface area contributed by atoms with Gasteiger partial charge in [-0.2, -0.15) is 0 Å². The molecule has 115 heavy (non-hydrogen) atoms. The van der Waals surface area contributed by atoms with Gasteiger partial charge in [-0.05, 0) is 256 Å². The lowest BCUT2D eigenvalue weighted by Gasteiger charge is -2.27. The number of anilines is 10. The van der Waals surface area contributed by atoms with Crippen LogP contribution in [0.1, 0.15) is 14.9 Å². The zero-order chi connectivity index (χ0) is 75.7. The van der Waals surface area contributed by atoms with E-state index in [1.165, 1.54) is 122 Å². The highest BCUT2D eigenvalue weighted by Gasteiger charge is 2.20. The van der Waals surface area contributed by atoms with Crippen LogP contribution in [0.15, 0.2) is 459 Å². The van der Waals surface area contributed by atoms with Crippen LogP contribution in [0.3, 0.4) is 0 Å². The van der Waals surface area contributed by atoms with Gasteiger partial charge in [0, 0.05) is 61.3 Å². The van der Waals surface area contributed by atoms with Crippen molar-refractivity contribution >= 4 is 72.8 Å². The minimum absolute atomic E-state index is 0. The molecule has 0 saturated heterocycles. The van der Waals surface area contributed by atoms with E-state index in [9.17, 15) is 0 Å². The summed E-state index contributed by atoms with van der Waals surface area (Å²) in [7, 11) is 0. The molecule has 18 aromatic carbocycles. The summed E-state index contributed by atoms with van der Waals surface area (Å²) < 4.78 is 1.12. The molecule has 32 rings (SSSR count). The number of hydrogen-bond acceptors (Lipinski definition) is 4. The first-order chi connectivity index (χ1) is 55.9. The topological polar surface area (TPSA) is 30.5 Å². The molecule has 0 aliphatic carbocycles. The van der Waals surface area contributed by atoms with E-state index in [0.29, 0.717) is 0 Å². The van der Waals surface area contributed by atoms with Gasteiger partial charge in [0.1, 0.15) is 0 Å². The van der Waals surface area contributed by atoms with Crippen LogP contribution >= 0.6 is 15.9 Å². The van der Waals surface area contributed by atoms with Crippen molar-refractivity contribution in [1.29, 1.82) is 0 Å². The van der Waals surface area contributed by atoms with Crippen molar-refractivity contribution in [2.45, 2.75) is 14.9 Å². The average molecular weight is 1540 g/mol. The Morgan fingerprint density at radius 2 is 0.278 bits per heavy atom. The third kappa shape index (κ3) is 16.5. The van der Waals surface area contributed by atoms with Gasteiger partial charge in [0.2, 0.25) is 0 Å². The van der Waals surface area contributed by atoms with Crippen molar-refractivity contribution in [3.8, 4) is 122 Å². The van der Waals surface area contributed by atoms with Gasteiger partial charge < -0.3 is 20.4 Å². The second-order valence-corrected chi connectivity index (χ2v) is 29.2. The van der Waals surface area contributed by atoms with Gasteiger partial charge in [-0.1, -0.05) is 352 Å². The second kappa shape index (κ2) is 34.5. The highest BCUT2D eigenvalue weighted by atomic mass is 79.9. The predicted octanol–water partition coefficient (Wildman–Crippen LogP) is 32.5. The van der Waals surface area contributed by atoms with Crippen LogP contribution in [0, 0.1) is 0 Å². The Labute approximate surface area is 685 Å². The number of benzene rings is 18. The molecule has 14 aliphatic heterocycles. The number of nitrogens with one attached hydrogen (secondary N) is 2. The van der Waals surface area contributed by atoms with Crippen molar-refractivity contribution in [2.24, 2.45) is 0 Å². The zero-order valence-electron chi connectivity index (χ0n) is 62.1. The molecule has 0 fully saturated rings. The van der Waals surface area contributed by atoms with Crippen LogP contribution in [0.5, 0.6) is 0 Å². The Balaban J connectivity index is 0.000000158. The van der Waals surface area contributed by atoms with E-state index < -0.39 is 0 Å². The Morgan fingerprint density at radius 1 is 0.139 bits per heavy atom. The van der Waals surface area contributed by atoms with Crippen molar-refractivity contribution in [2.75, 3.05) is 20.4 Å². The molecule has 0 aromatic heterocycles. The summed E-state index contributed by atoms with van der Waals surface area (Å²) in [5.41, 5.74) is 37.3. The Hall–Kier alpha value is -14.4. The summed E-state index contributed by atoms with van der Waals surface area (Å²) >= 11 is 3.42. The van der Waals surface area contributed by atoms with E-state index in [2.05, 4.69) is 485 Å². The number of hydrogen-bond donors (Lipinski definition) is 2. The Morgan fingerprint density at radius 3 is 0.461 bits per heavy atom. The maximum absolute atomic E-state index is 3.56. The van der Waals surface area contributed by atoms with Crippen LogP contribution in [0.4, 0.5) is 56.9 Å². The summed E-state index contributed by atoms with van der Waals surface area (Å²) in [5, 5.41) is 7.12. The maximum Gasteiger partial charge on any atom is 0.0462 e. The molecule has 0 unspecified atom stereocenters. The van der Waals surface area contributed by atoms with Gasteiger partial charge in [-0.15, -0.1) is 0 Å². The molecular weight excluding hydrogens is 1460 g/mol. The summed E-state index contributed by atoms with van der Waals surface area (Å²) in [4.78, 5) is 4.70. The van der Waals surface area contributed by atoms with E-state index in [0.717, 1.165) is 61.3 Å². The molecular formula is C110H85BrN4. The molecule has 0 spiro atoms. The molecule has 0 radical (unpaired) electrons. The van der Waals surface area contributed by atoms with Crippen LogP contribution in [0.2, 0.25) is 0 Å². The molecule has 18 aromatic rings. The van der Waals surface area contributed by atoms with Crippen LogP contribution in [-0.4, -0.2) is 0 Å². The molecule has 4 nitrogen and oxygen atoms in total. The van der Waals surface area contributed by atoms with E-state index in [1.807, 2.05) is 6.07 Å². The van der Waals surface area contributed by atoms with Crippen molar-refractivity contribution in [3.05, 3.63) is 459 Å². The fraction of sp³-hybridized carbons (Fsp3) is 0.0182. The van der Waals surface area contributed by atoms with Crippen LogP contribution in [-0.2, 0) is 0 Å². The van der Waals surface area contributed by atoms with Gasteiger partial charge in [-0.3, -0.25) is 0 Å². The lowest BCUT2D eigenvalue weighted by molar-refractivity contribution is 1.28. The van der Waals surface area contributed by atoms with E-state index >= 15 is 0 Å². The monoisotopic (exact) mass is 1540 g/mol. The first-order valence-corrected chi connectivity index (χ1v) is 39.2. The van der Waals surface area contributed by atoms with E-state index in [4.69, 9.17) is 0 Å². The zero-order valence-corrected chi connectivity index (χ0v) is 63.7. The third-order valence-corrected chi connectivity index (χ3v) is 21.8. The predicted molar refractivity (Wildman–Crippen MR) is 496 cm³/mol. The fourth-order valence-corrected chi connectivity index (χ4v) is 15.7. The quantitative estimate of drug-likeness (QED) is 0.180. The van der Waals surface area contributed by atoms with E-state index in [-0.39, 0.29) is 14.9 Å². The number of nitrogens with zero attached hydrogens (tertiary/aromatic N) is 2. The number of rotatable bonds is 5. The lowest BCUT2D eigenvalue weighted by Crippen LogP contribution is -2.10. The molecule has 16 bridgehead atoms. The molecule has 0 atom stereocenters. The van der Waals surface area contributed by atoms with Crippen LogP contribution < -0.4 is 20.4 Å². The molecule has 0 amide bonds. The third-order valence-electron chi connectivity index (χ3n) is 21.2. The molecule has 14 heterocycles. The highest BCUT2D eigenvalue weighted by Crippen LogP contribution is 2.45. The molecule has 5 heteroatoms. The fourth-order valence-electron chi connectivity index (χ4n) is 15.4. The minimum Gasteiger partial charge on any atom is -0.356 e. The first kappa shape index (κ1) is 74.7. The van der Waals surface area contributed by atoms with Gasteiger partial charge in [0.15, 0.2) is 0 Å². The largest absolute Gasteiger partial charge is 0.356 e. The summed E-state index contributed by atoms with van der Waals surface area (Å²) in [6.45, 7) is 0. The highest BCUT2D eigenvalue weighted by molar-refractivity contribution is 9.10. The van der Waals surface area contributed by atoms with Crippen molar-refractivity contribution in [3.63, 3.8) is 0 Å². The number of halogens is 1. The Kier molecular flexibility index (Phi) is 22.4. The molecule has 14 aliphatic rings. The van der Waals surface area contributed by atoms with Gasteiger partial charge >= 0.3 is 0 Å². The summed E-state index contributed by atoms with van der Waals surface area (Å²) in [6, 6.07) is 163. The normalized spacial score (nSPS) is 11.3. The van der Waals surface area contributed by atoms with Crippen molar-refractivity contribution in [1.82, 2.24) is 0 Å². The minimum atomic E-state index is 0. The first-order valence-electron chi connectivity index (χ1n) is 38.4. The summed E-state index contributed by atoms with van der Waals surface area (Å²) in [5.74, 6) is 0. The van der Waals surface area contributed by atoms with Gasteiger partial charge in [0.05, 0.1) is 0 Å². The molecule has 0 saturated carbocycles. The lowest BCUT2D eigenvalue weighted by atomic mass is 9.93. The Bertz CT molecular complexity index is 5630. The molecule has 552 valence electrons. The van der Waals surface area contributed by atoms with Gasteiger partial charge in [-0.25, -0.2) is 0 Å².